The summed E-state index contributed by atoms with van der Waals surface area (Å²) >= 11 is 0. The molecule has 0 spiro atoms. The quantitative estimate of drug-likeness (QED) is 0.736. The van der Waals surface area contributed by atoms with E-state index in [0.29, 0.717) is 25.9 Å². The average Bonchev–Trinajstić information content (AvgIpc) is 3.10. The molecule has 4 rings (SSSR count). The van der Waals surface area contributed by atoms with E-state index in [9.17, 15) is 9.59 Å². The highest BCUT2D eigenvalue weighted by Gasteiger charge is 2.27. The number of carbonyl (C=O) groups excluding carboxylic acids is 2. The Kier molecular flexibility index (Phi) is 7.07. The van der Waals surface area contributed by atoms with Gasteiger partial charge in [0.25, 0.3) is 0 Å². The largest absolute Gasteiger partial charge is 0.372 e. The second kappa shape index (κ2) is 10.3. The van der Waals surface area contributed by atoms with Crippen LogP contribution in [0.1, 0.15) is 38.5 Å². The monoisotopic (exact) mass is 420 g/mol. The third-order valence-electron chi connectivity index (χ3n) is 6.28. The summed E-state index contributed by atoms with van der Waals surface area (Å²) < 4.78 is 0. The van der Waals surface area contributed by atoms with Gasteiger partial charge in [0.15, 0.2) is 0 Å². The van der Waals surface area contributed by atoms with Crippen molar-refractivity contribution >= 4 is 29.0 Å². The van der Waals surface area contributed by atoms with Crippen molar-refractivity contribution in [3.63, 3.8) is 0 Å². The molecule has 2 saturated heterocycles. The molecule has 2 aromatic carbocycles. The number of nitrogens with zero attached hydrogens (tertiary/aromatic N) is 2. The lowest BCUT2D eigenvalue weighted by Gasteiger charge is -2.31. The minimum Gasteiger partial charge on any atom is -0.372 e. The minimum absolute atomic E-state index is 0.0469. The van der Waals surface area contributed by atoms with Crippen LogP contribution in [-0.4, -0.2) is 43.0 Å². The van der Waals surface area contributed by atoms with E-state index < -0.39 is 0 Å². The van der Waals surface area contributed by atoms with Crippen LogP contribution in [0.25, 0.3) is 0 Å². The molecule has 164 valence electrons. The molecule has 2 aliphatic heterocycles. The molecule has 0 saturated carbocycles. The molecule has 0 unspecified atom stereocenters. The molecule has 2 fully saturated rings. The summed E-state index contributed by atoms with van der Waals surface area (Å²) in [5.41, 5.74) is 2.86. The van der Waals surface area contributed by atoms with Gasteiger partial charge >= 0.3 is 6.03 Å². The van der Waals surface area contributed by atoms with Crippen LogP contribution in [0.2, 0.25) is 0 Å². The van der Waals surface area contributed by atoms with Gasteiger partial charge in [-0.3, -0.25) is 4.79 Å². The van der Waals surface area contributed by atoms with Gasteiger partial charge in [-0.15, -0.1) is 0 Å². The van der Waals surface area contributed by atoms with Crippen molar-refractivity contribution in [2.24, 2.45) is 5.92 Å². The van der Waals surface area contributed by atoms with Crippen LogP contribution in [0, 0.1) is 5.92 Å². The second-order valence-electron chi connectivity index (χ2n) is 8.49. The van der Waals surface area contributed by atoms with Gasteiger partial charge in [0, 0.05) is 49.2 Å². The topological polar surface area (TPSA) is 64.7 Å². The third kappa shape index (κ3) is 5.78. The van der Waals surface area contributed by atoms with Crippen LogP contribution in [0.15, 0.2) is 54.6 Å². The maximum Gasteiger partial charge on any atom is 0.321 e. The number of likely N-dealkylation sites (tertiary alicyclic amines) is 1. The second-order valence-corrected chi connectivity index (χ2v) is 8.49. The number of anilines is 3. The zero-order valence-electron chi connectivity index (χ0n) is 18.1. The first kappa shape index (κ1) is 21.2. The van der Waals surface area contributed by atoms with E-state index in [1.54, 1.807) is 4.90 Å². The molecule has 0 atom stereocenters. The highest BCUT2D eigenvalue weighted by molar-refractivity contribution is 5.93. The number of hydrogen-bond acceptors (Lipinski definition) is 3. The Morgan fingerprint density at radius 1 is 0.710 bits per heavy atom. The van der Waals surface area contributed by atoms with E-state index in [2.05, 4.69) is 27.7 Å². The smallest absolute Gasteiger partial charge is 0.321 e. The van der Waals surface area contributed by atoms with E-state index in [0.717, 1.165) is 24.5 Å². The predicted molar refractivity (Wildman–Crippen MR) is 126 cm³/mol. The Morgan fingerprint density at radius 2 is 1.32 bits per heavy atom. The molecule has 0 bridgehead atoms. The number of nitrogens with one attached hydrogen (secondary N) is 2. The maximum atomic E-state index is 12.7. The van der Waals surface area contributed by atoms with Gasteiger partial charge in [0.2, 0.25) is 5.91 Å². The number of amides is 3. The predicted octanol–water partition coefficient (Wildman–Crippen LogP) is 4.95. The molecule has 0 aliphatic carbocycles. The molecule has 2 aliphatic rings. The summed E-state index contributed by atoms with van der Waals surface area (Å²) in [4.78, 5) is 29.4. The summed E-state index contributed by atoms with van der Waals surface area (Å²) in [6.07, 6.45) is 6.50. The van der Waals surface area contributed by atoms with Crippen LogP contribution in [0.4, 0.5) is 21.9 Å². The molecule has 2 aromatic rings. The highest BCUT2D eigenvalue weighted by atomic mass is 16.2. The number of piperidine rings is 1. The van der Waals surface area contributed by atoms with Gasteiger partial charge in [0.1, 0.15) is 0 Å². The van der Waals surface area contributed by atoms with Gasteiger partial charge in [-0.1, -0.05) is 31.0 Å². The SMILES string of the molecule is O=C(Nc1ccc(N2CCCCCC2)cc1)C1CCN(C(=O)Nc2ccccc2)CC1. The van der Waals surface area contributed by atoms with Crippen LogP contribution in [0.3, 0.4) is 0 Å². The number of urea groups is 1. The number of carbonyl (C=O) groups is 2. The standard InChI is InChI=1S/C25H32N4O2/c30-24(26-22-10-12-23(13-11-22)28-16-6-1-2-7-17-28)20-14-18-29(19-15-20)25(31)27-21-8-4-3-5-9-21/h3-5,8-13,20H,1-2,6-7,14-19H2,(H,26,30)(H,27,31). The first-order valence-electron chi connectivity index (χ1n) is 11.5. The summed E-state index contributed by atoms with van der Waals surface area (Å²) in [5.74, 6) is -0.0169. The Balaban J connectivity index is 1.24. The molecular formula is C25H32N4O2. The van der Waals surface area contributed by atoms with E-state index in [1.807, 2.05) is 42.5 Å². The lowest BCUT2D eigenvalue weighted by atomic mass is 9.96. The van der Waals surface area contributed by atoms with Crippen molar-refractivity contribution in [1.82, 2.24) is 4.90 Å². The first-order valence-corrected chi connectivity index (χ1v) is 11.5. The molecule has 3 amide bonds. The van der Waals surface area contributed by atoms with Crippen LogP contribution in [0.5, 0.6) is 0 Å². The van der Waals surface area contributed by atoms with Crippen molar-refractivity contribution in [3.05, 3.63) is 54.6 Å². The van der Waals surface area contributed by atoms with Gasteiger partial charge in [0.05, 0.1) is 0 Å². The number of rotatable bonds is 4. The molecular weight excluding hydrogens is 388 g/mol. The average molecular weight is 421 g/mol. The number of hydrogen-bond donors (Lipinski definition) is 2. The molecule has 2 N–H and O–H groups in total. The van der Waals surface area contributed by atoms with Crippen LogP contribution < -0.4 is 15.5 Å². The summed E-state index contributed by atoms with van der Waals surface area (Å²) in [6, 6.07) is 17.6. The molecule has 6 heteroatoms. The first-order chi connectivity index (χ1) is 15.2. The fraction of sp³-hybridized carbons (Fsp3) is 0.440. The van der Waals surface area contributed by atoms with Gasteiger partial charge < -0.3 is 20.4 Å². The summed E-state index contributed by atoms with van der Waals surface area (Å²) in [6.45, 7) is 3.40. The Morgan fingerprint density at radius 3 is 1.97 bits per heavy atom. The normalized spacial score (nSPS) is 17.7. The molecule has 2 heterocycles. The van der Waals surface area contributed by atoms with Gasteiger partial charge in [-0.25, -0.2) is 4.79 Å². The van der Waals surface area contributed by atoms with Gasteiger partial charge in [-0.05, 0) is 62.1 Å². The lowest BCUT2D eigenvalue weighted by molar-refractivity contribution is -0.121. The van der Waals surface area contributed by atoms with Crippen LogP contribution in [-0.2, 0) is 4.79 Å². The van der Waals surface area contributed by atoms with Crippen LogP contribution >= 0.6 is 0 Å². The highest BCUT2D eigenvalue weighted by Crippen LogP contribution is 2.24. The van der Waals surface area contributed by atoms with E-state index in [1.165, 1.54) is 31.4 Å². The Hall–Kier alpha value is -3.02. The molecule has 31 heavy (non-hydrogen) atoms. The van der Waals surface area contributed by atoms with E-state index in [4.69, 9.17) is 0 Å². The third-order valence-corrected chi connectivity index (χ3v) is 6.28. The summed E-state index contributed by atoms with van der Waals surface area (Å²) in [5, 5.41) is 5.98. The van der Waals surface area contributed by atoms with Crippen molar-refractivity contribution in [2.45, 2.75) is 38.5 Å². The minimum atomic E-state index is -0.103. The molecule has 0 aromatic heterocycles. The number of benzene rings is 2. The number of para-hydroxylation sites is 1. The molecule has 6 nitrogen and oxygen atoms in total. The summed E-state index contributed by atoms with van der Waals surface area (Å²) in [7, 11) is 0. The van der Waals surface area contributed by atoms with Gasteiger partial charge in [-0.2, -0.15) is 0 Å². The zero-order valence-corrected chi connectivity index (χ0v) is 18.1. The maximum absolute atomic E-state index is 12.7. The lowest BCUT2D eigenvalue weighted by Crippen LogP contribution is -2.43. The van der Waals surface area contributed by atoms with Crippen molar-refractivity contribution in [3.8, 4) is 0 Å². The Bertz CT molecular complexity index is 853. The Labute approximate surface area is 184 Å². The fourth-order valence-corrected chi connectivity index (χ4v) is 4.40. The zero-order chi connectivity index (χ0) is 21.5. The fourth-order valence-electron chi connectivity index (χ4n) is 4.40. The van der Waals surface area contributed by atoms with Crippen molar-refractivity contribution in [2.75, 3.05) is 41.7 Å². The van der Waals surface area contributed by atoms with Crippen molar-refractivity contribution in [1.29, 1.82) is 0 Å². The van der Waals surface area contributed by atoms with E-state index in [-0.39, 0.29) is 17.9 Å². The van der Waals surface area contributed by atoms with E-state index >= 15 is 0 Å². The molecule has 0 radical (unpaired) electrons. The van der Waals surface area contributed by atoms with Crippen molar-refractivity contribution < 1.29 is 9.59 Å².